The second-order valence-electron chi connectivity index (χ2n) is 4.66. The van der Waals surface area contributed by atoms with Gasteiger partial charge < -0.3 is 9.64 Å². The highest BCUT2D eigenvalue weighted by molar-refractivity contribution is 5.51. The molecule has 2 nitrogen and oxygen atoms in total. The lowest BCUT2D eigenvalue weighted by Gasteiger charge is -2.26. The maximum atomic E-state index is 12.8. The molecule has 5 heteroatoms. The Kier molecular flexibility index (Phi) is 4.73. The maximum Gasteiger partial charge on any atom is 0.405 e. The molecule has 0 aliphatic carbocycles. The molecular formula is C16H16F3NO. The second-order valence-corrected chi connectivity index (χ2v) is 4.66. The molecule has 2 aromatic rings. The van der Waals surface area contributed by atoms with Gasteiger partial charge in [0, 0.05) is 18.3 Å². The fourth-order valence-electron chi connectivity index (χ4n) is 2.07. The molecule has 0 unspecified atom stereocenters. The molecule has 21 heavy (non-hydrogen) atoms. The van der Waals surface area contributed by atoms with Crippen LogP contribution in [0, 0.1) is 0 Å². The van der Waals surface area contributed by atoms with Crippen LogP contribution in [0.15, 0.2) is 54.6 Å². The molecule has 0 aliphatic rings. The Morgan fingerprint density at radius 2 is 1.71 bits per heavy atom. The van der Waals surface area contributed by atoms with Gasteiger partial charge in [0.25, 0.3) is 0 Å². The van der Waals surface area contributed by atoms with Gasteiger partial charge in [0.15, 0.2) is 0 Å². The third-order valence-corrected chi connectivity index (χ3v) is 3.00. The number of rotatable bonds is 5. The van der Waals surface area contributed by atoms with E-state index in [1.807, 2.05) is 30.3 Å². The van der Waals surface area contributed by atoms with Crippen molar-refractivity contribution in [3.05, 3.63) is 60.2 Å². The van der Waals surface area contributed by atoms with E-state index in [-0.39, 0.29) is 6.54 Å². The van der Waals surface area contributed by atoms with E-state index in [4.69, 9.17) is 4.74 Å². The van der Waals surface area contributed by atoms with Crippen molar-refractivity contribution in [2.45, 2.75) is 12.7 Å². The molecular weight excluding hydrogens is 279 g/mol. The van der Waals surface area contributed by atoms with Crippen LogP contribution in [0.5, 0.6) is 5.75 Å². The first-order chi connectivity index (χ1) is 9.98. The molecule has 0 bridgehead atoms. The van der Waals surface area contributed by atoms with Crippen LogP contribution in [0.3, 0.4) is 0 Å². The summed E-state index contributed by atoms with van der Waals surface area (Å²) in [5.41, 5.74) is 1.31. The van der Waals surface area contributed by atoms with Crippen LogP contribution in [0.2, 0.25) is 0 Å². The minimum absolute atomic E-state index is 0.188. The van der Waals surface area contributed by atoms with E-state index in [1.165, 1.54) is 12.0 Å². The van der Waals surface area contributed by atoms with Crippen molar-refractivity contribution < 1.29 is 17.9 Å². The lowest BCUT2D eigenvalue weighted by atomic mass is 10.2. The number of ether oxygens (including phenoxy) is 1. The third-order valence-electron chi connectivity index (χ3n) is 3.00. The van der Waals surface area contributed by atoms with Crippen LogP contribution in [-0.2, 0) is 6.54 Å². The normalized spacial score (nSPS) is 11.2. The Hall–Kier alpha value is -2.17. The minimum Gasteiger partial charge on any atom is -0.497 e. The van der Waals surface area contributed by atoms with Gasteiger partial charge in [0.2, 0.25) is 0 Å². The molecule has 2 aromatic carbocycles. The number of halogens is 3. The molecule has 0 N–H and O–H groups in total. The molecule has 0 spiro atoms. The summed E-state index contributed by atoms with van der Waals surface area (Å²) >= 11 is 0. The van der Waals surface area contributed by atoms with Crippen molar-refractivity contribution in [1.29, 1.82) is 0 Å². The molecule has 2 rings (SSSR count). The van der Waals surface area contributed by atoms with E-state index in [1.54, 1.807) is 24.3 Å². The topological polar surface area (TPSA) is 12.5 Å². The zero-order valence-electron chi connectivity index (χ0n) is 11.6. The van der Waals surface area contributed by atoms with Crippen molar-refractivity contribution in [3.63, 3.8) is 0 Å². The average Bonchev–Trinajstić information content (AvgIpc) is 2.46. The number of hydrogen-bond donors (Lipinski definition) is 0. The van der Waals surface area contributed by atoms with Crippen molar-refractivity contribution in [2.24, 2.45) is 0 Å². The Labute approximate surface area is 121 Å². The Balaban J connectivity index is 2.26. The number of alkyl halides is 3. The van der Waals surface area contributed by atoms with Gasteiger partial charge in [-0.15, -0.1) is 0 Å². The van der Waals surface area contributed by atoms with Gasteiger partial charge in [-0.3, -0.25) is 0 Å². The average molecular weight is 295 g/mol. The van der Waals surface area contributed by atoms with Crippen LogP contribution in [0.25, 0.3) is 0 Å². The Morgan fingerprint density at radius 1 is 1.00 bits per heavy atom. The molecule has 0 amide bonds. The summed E-state index contributed by atoms with van der Waals surface area (Å²) < 4.78 is 43.5. The lowest BCUT2D eigenvalue weighted by Crippen LogP contribution is -2.33. The van der Waals surface area contributed by atoms with Crippen molar-refractivity contribution >= 4 is 5.69 Å². The van der Waals surface area contributed by atoms with E-state index in [9.17, 15) is 13.2 Å². The van der Waals surface area contributed by atoms with Crippen LogP contribution in [0.4, 0.5) is 18.9 Å². The summed E-state index contributed by atoms with van der Waals surface area (Å²) in [5, 5.41) is 0. The first-order valence-electron chi connectivity index (χ1n) is 6.47. The zero-order chi connectivity index (χ0) is 15.3. The lowest BCUT2D eigenvalue weighted by molar-refractivity contribution is -0.119. The van der Waals surface area contributed by atoms with Gasteiger partial charge in [0.05, 0.1) is 7.11 Å². The maximum absolute atomic E-state index is 12.8. The predicted octanol–water partition coefficient (Wildman–Crippen LogP) is 4.26. The van der Waals surface area contributed by atoms with Crippen molar-refractivity contribution in [3.8, 4) is 5.75 Å². The van der Waals surface area contributed by atoms with Crippen LogP contribution < -0.4 is 9.64 Å². The minimum atomic E-state index is -4.27. The van der Waals surface area contributed by atoms with E-state index < -0.39 is 12.7 Å². The van der Waals surface area contributed by atoms with Gasteiger partial charge in [-0.25, -0.2) is 0 Å². The summed E-state index contributed by atoms with van der Waals surface area (Å²) in [6, 6.07) is 15.7. The van der Waals surface area contributed by atoms with Crippen LogP contribution >= 0.6 is 0 Å². The summed E-state index contributed by atoms with van der Waals surface area (Å²) in [7, 11) is 1.49. The molecule has 0 aromatic heterocycles. The smallest absolute Gasteiger partial charge is 0.405 e. The second kappa shape index (κ2) is 6.52. The van der Waals surface area contributed by atoms with Crippen molar-refractivity contribution in [1.82, 2.24) is 0 Å². The van der Waals surface area contributed by atoms with E-state index in [0.29, 0.717) is 11.4 Å². The quantitative estimate of drug-likeness (QED) is 0.817. The summed E-state index contributed by atoms with van der Waals surface area (Å²) in [5.74, 6) is 0.535. The highest BCUT2D eigenvalue weighted by atomic mass is 19.4. The summed E-state index contributed by atoms with van der Waals surface area (Å²) in [6.07, 6.45) is -4.27. The van der Waals surface area contributed by atoms with Gasteiger partial charge in [0.1, 0.15) is 12.3 Å². The van der Waals surface area contributed by atoms with Crippen molar-refractivity contribution in [2.75, 3.05) is 18.6 Å². The van der Waals surface area contributed by atoms with Gasteiger partial charge in [-0.2, -0.15) is 13.2 Å². The molecule has 0 fully saturated rings. The van der Waals surface area contributed by atoms with Gasteiger partial charge >= 0.3 is 6.18 Å². The van der Waals surface area contributed by atoms with E-state index >= 15 is 0 Å². The molecule has 0 radical (unpaired) electrons. The number of methoxy groups -OCH3 is 1. The van der Waals surface area contributed by atoms with Gasteiger partial charge in [-0.05, 0) is 17.7 Å². The molecule has 112 valence electrons. The molecule has 0 heterocycles. The SMILES string of the molecule is COc1cccc(N(Cc2ccccc2)CC(F)(F)F)c1. The number of hydrogen-bond acceptors (Lipinski definition) is 2. The molecule has 0 saturated heterocycles. The molecule has 0 aliphatic heterocycles. The highest BCUT2D eigenvalue weighted by Crippen LogP contribution is 2.26. The largest absolute Gasteiger partial charge is 0.497 e. The summed E-state index contributed by atoms with van der Waals surface area (Å²) in [6.45, 7) is -0.817. The first kappa shape index (κ1) is 15.2. The number of anilines is 1. The van der Waals surface area contributed by atoms with Crippen LogP contribution in [0.1, 0.15) is 5.56 Å². The van der Waals surface area contributed by atoms with E-state index in [0.717, 1.165) is 5.56 Å². The molecule has 0 saturated carbocycles. The third kappa shape index (κ3) is 4.70. The number of nitrogens with zero attached hydrogens (tertiary/aromatic N) is 1. The monoisotopic (exact) mass is 295 g/mol. The van der Waals surface area contributed by atoms with E-state index in [2.05, 4.69) is 0 Å². The van der Waals surface area contributed by atoms with Gasteiger partial charge in [-0.1, -0.05) is 36.4 Å². The Bertz CT molecular complexity index is 569. The highest BCUT2D eigenvalue weighted by Gasteiger charge is 2.31. The summed E-state index contributed by atoms with van der Waals surface area (Å²) in [4.78, 5) is 1.29. The first-order valence-corrected chi connectivity index (χ1v) is 6.47. The standard InChI is InChI=1S/C16H16F3NO/c1-21-15-9-5-8-14(10-15)20(12-16(17,18)19)11-13-6-3-2-4-7-13/h2-10H,11-12H2,1H3. The predicted molar refractivity (Wildman–Crippen MR) is 76.5 cm³/mol. The fourth-order valence-corrected chi connectivity index (χ4v) is 2.07. The Morgan fingerprint density at radius 3 is 2.33 bits per heavy atom. The van der Waals surface area contributed by atoms with Crippen LogP contribution in [-0.4, -0.2) is 19.8 Å². The number of benzene rings is 2. The fraction of sp³-hybridized carbons (Fsp3) is 0.250. The molecule has 0 atom stereocenters. The zero-order valence-corrected chi connectivity index (χ0v) is 11.6.